The van der Waals surface area contributed by atoms with Crippen LogP contribution in [0.5, 0.6) is 0 Å². The molecule has 4 aromatic rings. The second kappa shape index (κ2) is 9.91. The number of benzene rings is 4. The molecule has 4 aromatic carbocycles. The molecular formula is C30H34N2. The van der Waals surface area contributed by atoms with Gasteiger partial charge in [0.2, 0.25) is 0 Å². The Morgan fingerprint density at radius 1 is 0.500 bits per heavy atom. The number of hydrogen-bond acceptors (Lipinski definition) is 2. The molecule has 0 saturated carbocycles. The Morgan fingerprint density at radius 3 is 1.22 bits per heavy atom. The van der Waals surface area contributed by atoms with E-state index in [-0.39, 0.29) is 0 Å². The van der Waals surface area contributed by atoms with E-state index in [9.17, 15) is 0 Å². The predicted octanol–water partition coefficient (Wildman–Crippen LogP) is 7.51. The second-order valence-corrected chi connectivity index (χ2v) is 8.72. The molecule has 0 heterocycles. The van der Waals surface area contributed by atoms with Gasteiger partial charge in [0.25, 0.3) is 0 Å². The summed E-state index contributed by atoms with van der Waals surface area (Å²) in [6.45, 7) is 12.6. The van der Waals surface area contributed by atoms with E-state index in [4.69, 9.17) is 0 Å². The van der Waals surface area contributed by atoms with Crippen molar-refractivity contribution in [3.05, 3.63) is 107 Å². The first-order valence-electron chi connectivity index (χ1n) is 11.7. The standard InChI is InChI=1S/C30H34N2/c1-5-31(29-15-7-23(3)8-16-29)21-25-11-13-28-20-26(12-14-27(28)19-25)22-32(6-2)30-17-9-24(4)10-18-30/h7-20H,5-6,21-22H2,1-4H3. The molecule has 2 heteroatoms. The Kier molecular flexibility index (Phi) is 6.80. The van der Waals surface area contributed by atoms with E-state index in [2.05, 4.69) is 122 Å². The number of anilines is 2. The first-order chi connectivity index (χ1) is 15.6. The topological polar surface area (TPSA) is 6.48 Å². The number of hydrogen-bond donors (Lipinski definition) is 0. The highest BCUT2D eigenvalue weighted by atomic mass is 15.1. The fourth-order valence-electron chi connectivity index (χ4n) is 4.26. The summed E-state index contributed by atoms with van der Waals surface area (Å²) in [6.07, 6.45) is 0. The molecule has 4 rings (SSSR count). The normalized spacial score (nSPS) is 11.0. The van der Waals surface area contributed by atoms with Crippen LogP contribution in [0.3, 0.4) is 0 Å². The van der Waals surface area contributed by atoms with Gasteiger partial charge in [-0.3, -0.25) is 0 Å². The fourth-order valence-corrected chi connectivity index (χ4v) is 4.26. The van der Waals surface area contributed by atoms with Crippen molar-refractivity contribution in [3.63, 3.8) is 0 Å². The molecule has 0 aliphatic carbocycles. The lowest BCUT2D eigenvalue weighted by Crippen LogP contribution is -2.22. The van der Waals surface area contributed by atoms with Crippen LogP contribution in [-0.2, 0) is 13.1 Å². The van der Waals surface area contributed by atoms with Crippen LogP contribution < -0.4 is 9.80 Å². The maximum absolute atomic E-state index is 2.43. The first kappa shape index (κ1) is 22.0. The van der Waals surface area contributed by atoms with Crippen LogP contribution in [0.15, 0.2) is 84.9 Å². The van der Waals surface area contributed by atoms with Gasteiger partial charge in [-0.05, 0) is 86.0 Å². The Morgan fingerprint density at radius 2 is 0.875 bits per heavy atom. The molecule has 0 unspecified atom stereocenters. The molecule has 0 radical (unpaired) electrons. The SMILES string of the molecule is CCN(Cc1ccc2cc(CN(CC)c3ccc(C)cc3)ccc2c1)c1ccc(C)cc1. The molecule has 0 saturated heterocycles. The lowest BCUT2D eigenvalue weighted by Gasteiger charge is -2.24. The lowest BCUT2D eigenvalue weighted by atomic mass is 10.0. The van der Waals surface area contributed by atoms with Crippen LogP contribution >= 0.6 is 0 Å². The van der Waals surface area contributed by atoms with Crippen LogP contribution in [0.1, 0.15) is 36.1 Å². The third-order valence-electron chi connectivity index (χ3n) is 6.28. The van der Waals surface area contributed by atoms with Crippen molar-refractivity contribution in [2.24, 2.45) is 0 Å². The Balaban J connectivity index is 1.51. The van der Waals surface area contributed by atoms with Gasteiger partial charge in [0.1, 0.15) is 0 Å². The van der Waals surface area contributed by atoms with Crippen molar-refractivity contribution in [3.8, 4) is 0 Å². The van der Waals surface area contributed by atoms with Gasteiger partial charge in [0.05, 0.1) is 0 Å². The van der Waals surface area contributed by atoms with Crippen LogP contribution in [0, 0.1) is 13.8 Å². The first-order valence-corrected chi connectivity index (χ1v) is 11.7. The summed E-state index contributed by atoms with van der Waals surface area (Å²) in [5, 5.41) is 2.62. The van der Waals surface area contributed by atoms with Gasteiger partial charge in [0.15, 0.2) is 0 Å². The fraction of sp³-hybridized carbons (Fsp3) is 0.267. The molecule has 0 spiro atoms. The third kappa shape index (κ3) is 5.13. The van der Waals surface area contributed by atoms with Gasteiger partial charge >= 0.3 is 0 Å². The van der Waals surface area contributed by atoms with E-state index in [0.717, 1.165) is 26.2 Å². The van der Waals surface area contributed by atoms with E-state index in [1.54, 1.807) is 0 Å². The molecule has 0 aliphatic rings. The summed E-state index contributed by atoms with van der Waals surface area (Å²) in [5.74, 6) is 0. The smallest absolute Gasteiger partial charge is 0.0429 e. The summed E-state index contributed by atoms with van der Waals surface area (Å²) in [4.78, 5) is 4.85. The molecule has 0 N–H and O–H groups in total. The van der Waals surface area contributed by atoms with Crippen molar-refractivity contribution in [2.45, 2.75) is 40.8 Å². The Bertz CT molecular complexity index is 1070. The van der Waals surface area contributed by atoms with Gasteiger partial charge in [-0.1, -0.05) is 59.7 Å². The zero-order valence-electron chi connectivity index (χ0n) is 19.8. The van der Waals surface area contributed by atoms with Crippen LogP contribution in [-0.4, -0.2) is 13.1 Å². The van der Waals surface area contributed by atoms with E-state index in [1.807, 2.05) is 0 Å². The molecule has 0 bridgehead atoms. The molecule has 0 atom stereocenters. The summed E-state index contributed by atoms with van der Waals surface area (Å²) in [5.41, 5.74) is 7.87. The number of fused-ring (bicyclic) bond motifs is 1. The zero-order valence-corrected chi connectivity index (χ0v) is 19.8. The molecule has 32 heavy (non-hydrogen) atoms. The molecule has 2 nitrogen and oxygen atoms in total. The predicted molar refractivity (Wildman–Crippen MR) is 140 cm³/mol. The highest BCUT2D eigenvalue weighted by Crippen LogP contribution is 2.24. The minimum atomic E-state index is 0.925. The van der Waals surface area contributed by atoms with Gasteiger partial charge in [-0.25, -0.2) is 0 Å². The van der Waals surface area contributed by atoms with E-state index >= 15 is 0 Å². The van der Waals surface area contributed by atoms with Gasteiger partial charge in [-0.2, -0.15) is 0 Å². The van der Waals surface area contributed by atoms with Gasteiger partial charge < -0.3 is 9.80 Å². The number of aryl methyl sites for hydroxylation is 2. The summed E-state index contributed by atoms with van der Waals surface area (Å²) in [6, 6.07) is 31.4. The molecular weight excluding hydrogens is 388 g/mol. The van der Waals surface area contributed by atoms with Crippen molar-refractivity contribution in [2.75, 3.05) is 22.9 Å². The van der Waals surface area contributed by atoms with E-state index < -0.39 is 0 Å². The summed E-state index contributed by atoms with van der Waals surface area (Å²) in [7, 11) is 0. The van der Waals surface area contributed by atoms with Crippen molar-refractivity contribution in [1.82, 2.24) is 0 Å². The highest BCUT2D eigenvalue weighted by molar-refractivity contribution is 5.84. The van der Waals surface area contributed by atoms with Gasteiger partial charge in [0, 0.05) is 37.6 Å². The third-order valence-corrected chi connectivity index (χ3v) is 6.28. The van der Waals surface area contributed by atoms with Crippen molar-refractivity contribution in [1.29, 1.82) is 0 Å². The average Bonchev–Trinajstić information content (AvgIpc) is 2.82. The lowest BCUT2D eigenvalue weighted by molar-refractivity contribution is 0.831. The van der Waals surface area contributed by atoms with Crippen molar-refractivity contribution < 1.29 is 0 Å². The highest BCUT2D eigenvalue weighted by Gasteiger charge is 2.08. The van der Waals surface area contributed by atoms with Crippen molar-refractivity contribution >= 4 is 22.1 Å². The van der Waals surface area contributed by atoms with Gasteiger partial charge in [-0.15, -0.1) is 0 Å². The van der Waals surface area contributed by atoms with Crippen LogP contribution in [0.4, 0.5) is 11.4 Å². The monoisotopic (exact) mass is 422 g/mol. The molecule has 0 aliphatic heterocycles. The minimum Gasteiger partial charge on any atom is -0.367 e. The number of rotatable bonds is 8. The average molecular weight is 423 g/mol. The zero-order chi connectivity index (χ0) is 22.5. The minimum absolute atomic E-state index is 0.925. The van der Waals surface area contributed by atoms with Crippen LogP contribution in [0.2, 0.25) is 0 Å². The second-order valence-electron chi connectivity index (χ2n) is 8.72. The molecule has 0 aromatic heterocycles. The molecule has 0 amide bonds. The summed E-state index contributed by atoms with van der Waals surface area (Å²) >= 11 is 0. The number of nitrogens with zero attached hydrogens (tertiary/aromatic N) is 2. The molecule has 164 valence electrons. The van der Waals surface area contributed by atoms with E-state index in [0.29, 0.717) is 0 Å². The maximum Gasteiger partial charge on any atom is 0.0429 e. The maximum atomic E-state index is 2.43. The quantitative estimate of drug-likeness (QED) is 0.290. The molecule has 0 fully saturated rings. The Hall–Kier alpha value is -3.26. The van der Waals surface area contributed by atoms with Crippen LogP contribution in [0.25, 0.3) is 10.8 Å². The Labute approximate surface area is 193 Å². The van der Waals surface area contributed by atoms with E-state index in [1.165, 1.54) is 44.4 Å². The summed E-state index contributed by atoms with van der Waals surface area (Å²) < 4.78 is 0. The largest absolute Gasteiger partial charge is 0.367 e.